The Morgan fingerprint density at radius 3 is 2.64 bits per heavy atom. The van der Waals surface area contributed by atoms with Gasteiger partial charge in [-0.2, -0.15) is 0 Å². The molecular formula is C27H22N4O4S. The summed E-state index contributed by atoms with van der Waals surface area (Å²) in [6.07, 6.45) is 2.32. The zero-order chi connectivity index (χ0) is 24.6. The molecule has 6 rings (SSSR count). The Hall–Kier alpha value is -4.08. The molecule has 0 spiro atoms. The molecule has 2 aromatic carbocycles. The predicted molar refractivity (Wildman–Crippen MR) is 134 cm³/mol. The first-order valence-corrected chi connectivity index (χ1v) is 12.5. The monoisotopic (exact) mass is 498 g/mol. The van der Waals surface area contributed by atoms with Gasteiger partial charge in [-0.1, -0.05) is 30.3 Å². The molecule has 4 aromatic rings. The van der Waals surface area contributed by atoms with Gasteiger partial charge in [-0.15, -0.1) is 11.3 Å². The van der Waals surface area contributed by atoms with Crippen molar-refractivity contribution in [2.75, 3.05) is 11.9 Å². The molecule has 3 amide bonds. The van der Waals surface area contributed by atoms with Crippen molar-refractivity contribution < 1.29 is 18.8 Å². The average molecular weight is 499 g/mol. The Bertz CT molecular complexity index is 1460. The third-order valence-corrected chi connectivity index (χ3v) is 7.40. The van der Waals surface area contributed by atoms with E-state index in [0.717, 1.165) is 41.5 Å². The van der Waals surface area contributed by atoms with Gasteiger partial charge in [0.25, 0.3) is 17.7 Å². The van der Waals surface area contributed by atoms with Crippen LogP contribution in [0.15, 0.2) is 71.3 Å². The van der Waals surface area contributed by atoms with Crippen LogP contribution >= 0.6 is 11.3 Å². The third kappa shape index (κ3) is 4.23. The number of carbonyl (C=O) groups is 3. The van der Waals surface area contributed by atoms with Crippen molar-refractivity contribution in [1.82, 2.24) is 14.8 Å². The maximum absolute atomic E-state index is 13.0. The van der Waals surface area contributed by atoms with Gasteiger partial charge in [0.1, 0.15) is 5.76 Å². The van der Waals surface area contributed by atoms with Crippen LogP contribution in [-0.2, 0) is 26.1 Å². The van der Waals surface area contributed by atoms with Crippen LogP contribution in [0.5, 0.6) is 0 Å². The number of fused-ring (bicyclic) bond motifs is 2. The number of hydrogen-bond acceptors (Lipinski definition) is 7. The highest BCUT2D eigenvalue weighted by Gasteiger charge is 2.36. The molecule has 2 aliphatic rings. The van der Waals surface area contributed by atoms with Crippen LogP contribution in [0, 0.1) is 0 Å². The molecule has 2 aliphatic heterocycles. The largest absolute Gasteiger partial charge is 0.467 e. The minimum Gasteiger partial charge on any atom is -0.467 e. The number of hydrogen-bond donors (Lipinski definition) is 1. The lowest BCUT2D eigenvalue weighted by Crippen LogP contribution is -2.29. The predicted octanol–water partition coefficient (Wildman–Crippen LogP) is 4.34. The molecule has 0 atom stereocenters. The molecule has 0 saturated carbocycles. The number of aromatic nitrogens is 1. The summed E-state index contributed by atoms with van der Waals surface area (Å²) in [7, 11) is 0. The van der Waals surface area contributed by atoms with Gasteiger partial charge in [0.2, 0.25) is 0 Å². The normalized spacial score (nSPS) is 15.2. The van der Waals surface area contributed by atoms with Crippen molar-refractivity contribution in [3.8, 4) is 0 Å². The van der Waals surface area contributed by atoms with Gasteiger partial charge < -0.3 is 4.42 Å². The van der Waals surface area contributed by atoms with Crippen molar-refractivity contribution in [2.45, 2.75) is 26.1 Å². The number of nitrogens with one attached hydrogen (secondary N) is 1. The Morgan fingerprint density at radius 1 is 1.00 bits per heavy atom. The number of nitrogens with zero attached hydrogens (tertiary/aromatic N) is 3. The van der Waals surface area contributed by atoms with E-state index in [0.29, 0.717) is 16.5 Å². The molecule has 0 fully saturated rings. The topological polar surface area (TPSA) is 95.8 Å². The standard InChI is InChI=1S/C27H22N4O4S/c32-24(18-8-9-20-21(13-18)26(34)31(25(20)33)15-19-7-4-12-35-19)29-27-28-22-10-11-30(16-23(22)36-27)14-17-5-2-1-3-6-17/h1-9,12-13H,10-11,14-16H2,(H,28,29,32). The minimum absolute atomic E-state index is 0.0484. The molecule has 1 N–H and O–H groups in total. The Morgan fingerprint density at radius 2 is 1.83 bits per heavy atom. The minimum atomic E-state index is -0.440. The number of rotatable bonds is 6. The maximum Gasteiger partial charge on any atom is 0.261 e. The molecule has 180 valence electrons. The smallest absolute Gasteiger partial charge is 0.261 e. The number of furan rings is 1. The molecule has 36 heavy (non-hydrogen) atoms. The molecule has 0 bridgehead atoms. The second-order valence-electron chi connectivity index (χ2n) is 8.83. The van der Waals surface area contributed by atoms with Gasteiger partial charge >= 0.3 is 0 Å². The van der Waals surface area contributed by atoms with Crippen LogP contribution in [-0.4, -0.2) is 39.1 Å². The summed E-state index contributed by atoms with van der Waals surface area (Å²) < 4.78 is 5.27. The Labute approximate surface area is 211 Å². The first-order valence-electron chi connectivity index (χ1n) is 11.6. The Balaban J connectivity index is 1.14. The van der Waals surface area contributed by atoms with Gasteiger partial charge in [0.05, 0.1) is 29.6 Å². The lowest BCUT2D eigenvalue weighted by atomic mass is 10.1. The fourth-order valence-electron chi connectivity index (χ4n) is 4.58. The van der Waals surface area contributed by atoms with Gasteiger partial charge in [-0.25, -0.2) is 4.98 Å². The molecular weight excluding hydrogens is 476 g/mol. The second kappa shape index (κ2) is 9.18. The summed E-state index contributed by atoms with van der Waals surface area (Å²) in [5, 5.41) is 3.41. The molecule has 2 aromatic heterocycles. The number of benzene rings is 2. The lowest BCUT2D eigenvalue weighted by molar-refractivity contribution is 0.0631. The number of amides is 3. The van der Waals surface area contributed by atoms with Crippen LogP contribution in [0.4, 0.5) is 5.13 Å². The van der Waals surface area contributed by atoms with Gasteiger partial charge in [0.15, 0.2) is 5.13 Å². The van der Waals surface area contributed by atoms with Crippen LogP contribution in [0.2, 0.25) is 0 Å². The number of anilines is 1. The van der Waals surface area contributed by atoms with E-state index in [1.807, 2.05) is 18.2 Å². The molecule has 9 heteroatoms. The van der Waals surface area contributed by atoms with E-state index in [1.165, 1.54) is 35.3 Å². The SMILES string of the molecule is O=C(Nc1nc2c(s1)CN(Cc1ccccc1)CC2)c1ccc2c(c1)C(=O)N(Cc1ccco1)C2=O. The maximum atomic E-state index is 13.0. The van der Waals surface area contributed by atoms with Crippen LogP contribution < -0.4 is 5.32 Å². The van der Waals surface area contributed by atoms with E-state index in [2.05, 4.69) is 27.3 Å². The highest BCUT2D eigenvalue weighted by Crippen LogP contribution is 2.30. The number of imide groups is 1. The van der Waals surface area contributed by atoms with E-state index in [4.69, 9.17) is 4.42 Å². The lowest BCUT2D eigenvalue weighted by Gasteiger charge is -2.25. The zero-order valence-electron chi connectivity index (χ0n) is 19.3. The summed E-state index contributed by atoms with van der Waals surface area (Å²) in [6.45, 7) is 2.62. The first kappa shape index (κ1) is 22.4. The van der Waals surface area contributed by atoms with Crippen molar-refractivity contribution in [3.05, 3.63) is 106 Å². The van der Waals surface area contributed by atoms with E-state index >= 15 is 0 Å². The van der Waals surface area contributed by atoms with Crippen LogP contribution in [0.1, 0.15) is 53.0 Å². The zero-order valence-corrected chi connectivity index (χ0v) is 20.1. The first-order chi connectivity index (χ1) is 17.5. The third-order valence-electron chi connectivity index (χ3n) is 6.41. The number of thiazole rings is 1. The van der Waals surface area contributed by atoms with Crippen LogP contribution in [0.25, 0.3) is 0 Å². The highest BCUT2D eigenvalue weighted by molar-refractivity contribution is 7.15. The summed E-state index contributed by atoms with van der Waals surface area (Å²) in [5.41, 5.74) is 3.09. The second-order valence-corrected chi connectivity index (χ2v) is 9.91. The van der Waals surface area contributed by atoms with E-state index in [9.17, 15) is 14.4 Å². The van der Waals surface area contributed by atoms with Crippen molar-refractivity contribution in [3.63, 3.8) is 0 Å². The molecule has 0 radical (unpaired) electrons. The summed E-state index contributed by atoms with van der Waals surface area (Å²) in [5.74, 6) is -0.692. The van der Waals surface area contributed by atoms with E-state index < -0.39 is 11.8 Å². The van der Waals surface area contributed by atoms with Gasteiger partial charge in [-0.3, -0.25) is 29.5 Å². The van der Waals surface area contributed by atoms with Crippen LogP contribution in [0.3, 0.4) is 0 Å². The molecule has 8 nitrogen and oxygen atoms in total. The Kier molecular flexibility index (Phi) is 5.71. The molecule has 0 saturated heterocycles. The summed E-state index contributed by atoms with van der Waals surface area (Å²) >= 11 is 1.48. The molecule has 0 unspecified atom stereocenters. The summed E-state index contributed by atoms with van der Waals surface area (Å²) in [4.78, 5) is 47.8. The summed E-state index contributed by atoms with van der Waals surface area (Å²) in [6, 6.07) is 18.3. The fraction of sp³-hybridized carbons (Fsp3) is 0.185. The fourth-order valence-corrected chi connectivity index (χ4v) is 5.63. The van der Waals surface area contributed by atoms with Gasteiger partial charge in [-0.05, 0) is 35.9 Å². The number of carbonyl (C=O) groups excluding carboxylic acids is 3. The quantitative estimate of drug-likeness (QED) is 0.397. The highest BCUT2D eigenvalue weighted by atomic mass is 32.1. The van der Waals surface area contributed by atoms with E-state index in [-0.39, 0.29) is 23.6 Å². The van der Waals surface area contributed by atoms with Crippen molar-refractivity contribution in [1.29, 1.82) is 0 Å². The van der Waals surface area contributed by atoms with E-state index in [1.54, 1.807) is 18.2 Å². The van der Waals surface area contributed by atoms with Gasteiger partial charge in [0, 0.05) is 36.5 Å². The molecule has 0 aliphatic carbocycles. The average Bonchev–Trinajstić information content (AvgIpc) is 3.60. The molecule has 4 heterocycles. The van der Waals surface area contributed by atoms with Crippen molar-refractivity contribution >= 4 is 34.2 Å². The van der Waals surface area contributed by atoms with Crippen molar-refractivity contribution in [2.24, 2.45) is 0 Å².